The molecular weight excluding hydrogens is 544 g/mol. The Balaban J connectivity index is 0.000000182. The Hall–Kier alpha value is -5.64. The van der Waals surface area contributed by atoms with Gasteiger partial charge < -0.3 is 43.4 Å². The second-order valence-electron chi connectivity index (χ2n) is 10.3. The van der Waals surface area contributed by atoms with E-state index in [0.717, 1.165) is 50.0 Å². The number of benzene rings is 5. The zero-order chi connectivity index (χ0) is 31.0. The van der Waals surface area contributed by atoms with Crippen LogP contribution in [0.2, 0.25) is 0 Å². The molecule has 0 fully saturated rings. The van der Waals surface area contributed by atoms with Gasteiger partial charge in [-0.2, -0.15) is 0 Å². The highest BCUT2D eigenvalue weighted by atomic mass is 16.5. The summed E-state index contributed by atoms with van der Waals surface area (Å²) in [5.41, 5.74) is 27.1. The second kappa shape index (κ2) is 13.3. The fourth-order valence-electron chi connectivity index (χ4n) is 4.64. The second-order valence-corrected chi connectivity index (χ2v) is 10.3. The smallest absolute Gasteiger partial charge is 0.306 e. The van der Waals surface area contributed by atoms with Crippen LogP contribution in [0.3, 0.4) is 0 Å². The summed E-state index contributed by atoms with van der Waals surface area (Å²) in [4.78, 5) is 22.2. The molecule has 1 aliphatic heterocycles. The predicted octanol–water partition coefficient (Wildman–Crippen LogP) is 5.66. The summed E-state index contributed by atoms with van der Waals surface area (Å²) in [5.74, 6) is -1.56. The van der Waals surface area contributed by atoms with Crippen LogP contribution in [0.25, 0.3) is 21.5 Å². The number of hydrogen-bond donors (Lipinski definition) is 7. The number of carbonyl (C=O) groups excluding carboxylic acids is 1. The number of fused-ring (bicyclic) bond motifs is 1. The lowest BCUT2D eigenvalue weighted by Gasteiger charge is -2.38. The lowest BCUT2D eigenvalue weighted by Crippen LogP contribution is -2.49. The molecule has 1 unspecified atom stereocenters. The molecule has 0 aromatic heterocycles. The Morgan fingerprint density at radius 1 is 0.674 bits per heavy atom. The number of ether oxygens (including phenoxy) is 1. The minimum Gasteiger partial charge on any atom is -0.481 e. The topological polar surface area (TPSA) is 192 Å². The van der Waals surface area contributed by atoms with E-state index in [9.17, 15) is 9.59 Å². The zero-order valence-corrected chi connectivity index (χ0v) is 23.8. The summed E-state index contributed by atoms with van der Waals surface area (Å²) in [6.45, 7) is 1.93. The standard InChI is InChI=1S/C17H19N3O4.C10H10N2.C6H7N/c1-17(9-24-15(23)8-7-14(21)22)19-12-4-2-3-10-11(18)5-6-13(20-17)16(10)12;11-9-5-6-10(12)8-4-2-1-3-7(8)9;7-6-4-2-1-3-5-6/h2-6,19-20H,7-9,18H2,1H3,(H,21,22);1-6H,11-12H2;1-5H,7H2. The van der Waals surface area contributed by atoms with Crippen molar-refractivity contribution in [2.24, 2.45) is 0 Å². The summed E-state index contributed by atoms with van der Waals surface area (Å²) in [7, 11) is 0. The molecule has 1 heterocycles. The van der Waals surface area contributed by atoms with Crippen LogP contribution in [0.5, 0.6) is 0 Å². The maximum atomic E-state index is 11.7. The number of carboxylic acids is 1. The van der Waals surface area contributed by atoms with Crippen molar-refractivity contribution in [1.29, 1.82) is 0 Å². The molecule has 0 radical (unpaired) electrons. The van der Waals surface area contributed by atoms with Gasteiger partial charge in [0, 0.05) is 55.7 Å². The van der Waals surface area contributed by atoms with E-state index in [4.69, 9.17) is 32.8 Å². The first-order valence-corrected chi connectivity index (χ1v) is 13.6. The number of para-hydroxylation sites is 1. The summed E-state index contributed by atoms with van der Waals surface area (Å²) in [5, 5.41) is 19.2. The molecule has 0 aliphatic carbocycles. The van der Waals surface area contributed by atoms with E-state index in [1.165, 1.54) is 0 Å². The molecular formula is C33H36N6O4. The van der Waals surface area contributed by atoms with Crippen LogP contribution >= 0.6 is 0 Å². The molecule has 222 valence electrons. The number of esters is 1. The number of anilines is 6. The lowest BCUT2D eigenvalue weighted by atomic mass is 9.99. The van der Waals surface area contributed by atoms with Gasteiger partial charge in [-0.1, -0.05) is 54.6 Å². The van der Waals surface area contributed by atoms with E-state index in [0.29, 0.717) is 5.69 Å². The number of aliphatic carboxylic acids is 1. The van der Waals surface area contributed by atoms with Crippen molar-refractivity contribution >= 4 is 67.6 Å². The van der Waals surface area contributed by atoms with Gasteiger partial charge in [-0.15, -0.1) is 0 Å². The Morgan fingerprint density at radius 3 is 1.74 bits per heavy atom. The summed E-state index contributed by atoms with van der Waals surface area (Å²) in [6.07, 6.45) is -0.383. The number of carbonyl (C=O) groups is 2. The molecule has 10 nitrogen and oxygen atoms in total. The number of hydrogen-bond acceptors (Lipinski definition) is 9. The zero-order valence-electron chi connectivity index (χ0n) is 23.8. The molecule has 0 saturated heterocycles. The van der Waals surface area contributed by atoms with E-state index >= 15 is 0 Å². The van der Waals surface area contributed by atoms with E-state index in [-0.39, 0.29) is 19.4 Å². The normalized spacial score (nSPS) is 14.6. The van der Waals surface area contributed by atoms with Crippen LogP contribution in [0.1, 0.15) is 19.8 Å². The molecule has 0 bridgehead atoms. The first-order valence-electron chi connectivity index (χ1n) is 13.6. The molecule has 1 atom stereocenters. The number of nitrogens with two attached hydrogens (primary N) is 4. The predicted molar refractivity (Wildman–Crippen MR) is 175 cm³/mol. The van der Waals surface area contributed by atoms with Crippen LogP contribution in [0.15, 0.2) is 97.1 Å². The van der Waals surface area contributed by atoms with Crippen molar-refractivity contribution in [1.82, 2.24) is 0 Å². The Bertz CT molecular complexity index is 1690. The van der Waals surface area contributed by atoms with Crippen molar-refractivity contribution in [2.45, 2.75) is 25.4 Å². The first kappa shape index (κ1) is 30.3. The van der Waals surface area contributed by atoms with Gasteiger partial charge in [0.15, 0.2) is 0 Å². The van der Waals surface area contributed by atoms with Crippen molar-refractivity contribution in [2.75, 3.05) is 40.2 Å². The minimum atomic E-state index is -1.02. The van der Waals surface area contributed by atoms with Gasteiger partial charge in [0.25, 0.3) is 0 Å². The highest BCUT2D eigenvalue weighted by Gasteiger charge is 2.31. The van der Waals surface area contributed by atoms with Crippen molar-refractivity contribution < 1.29 is 19.4 Å². The molecule has 0 saturated carbocycles. The molecule has 1 aliphatic rings. The minimum absolute atomic E-state index is 0.0612. The van der Waals surface area contributed by atoms with Crippen LogP contribution in [0, 0.1) is 0 Å². The first-order chi connectivity index (χ1) is 20.6. The summed E-state index contributed by atoms with van der Waals surface area (Å²) in [6, 6.07) is 30.5. The summed E-state index contributed by atoms with van der Waals surface area (Å²) < 4.78 is 5.22. The van der Waals surface area contributed by atoms with E-state index in [1.54, 1.807) is 0 Å². The van der Waals surface area contributed by atoms with E-state index in [1.807, 2.05) is 104 Å². The van der Waals surface area contributed by atoms with Crippen molar-refractivity contribution in [3.63, 3.8) is 0 Å². The SMILES string of the molecule is CC1(COC(=O)CCC(=O)O)Nc2cccc3c(N)ccc(c23)N1.Nc1ccc(N)c2ccccc12.Nc1ccccc1. The third kappa shape index (κ3) is 7.76. The van der Waals surface area contributed by atoms with Crippen molar-refractivity contribution in [3.8, 4) is 0 Å². The van der Waals surface area contributed by atoms with Crippen LogP contribution < -0.4 is 33.6 Å². The van der Waals surface area contributed by atoms with Gasteiger partial charge in [-0.25, -0.2) is 0 Å². The van der Waals surface area contributed by atoms with Gasteiger partial charge in [-0.05, 0) is 49.4 Å². The van der Waals surface area contributed by atoms with Crippen LogP contribution in [0.4, 0.5) is 34.1 Å². The molecule has 5 aromatic rings. The van der Waals surface area contributed by atoms with E-state index in [2.05, 4.69) is 10.6 Å². The number of carboxylic acid groups (broad SMARTS) is 1. The van der Waals surface area contributed by atoms with Gasteiger partial charge >= 0.3 is 11.9 Å². The highest BCUT2D eigenvalue weighted by molar-refractivity contribution is 6.10. The third-order valence-electron chi connectivity index (χ3n) is 6.75. The number of rotatable bonds is 5. The fraction of sp³-hybridized carbons (Fsp3) is 0.152. The number of nitrogen functional groups attached to an aromatic ring is 4. The molecule has 10 heteroatoms. The van der Waals surface area contributed by atoms with Gasteiger partial charge in [0.1, 0.15) is 12.3 Å². The maximum absolute atomic E-state index is 11.7. The van der Waals surface area contributed by atoms with E-state index < -0.39 is 17.6 Å². The lowest BCUT2D eigenvalue weighted by molar-refractivity contribution is -0.148. The third-order valence-corrected chi connectivity index (χ3v) is 6.75. The van der Waals surface area contributed by atoms with Gasteiger partial charge in [0.2, 0.25) is 0 Å². The van der Waals surface area contributed by atoms with Gasteiger partial charge in [-0.3, -0.25) is 9.59 Å². The van der Waals surface area contributed by atoms with Crippen LogP contribution in [-0.2, 0) is 14.3 Å². The average Bonchev–Trinajstić information content (AvgIpc) is 3.00. The molecule has 6 rings (SSSR count). The molecule has 43 heavy (non-hydrogen) atoms. The fourth-order valence-corrected chi connectivity index (χ4v) is 4.64. The quantitative estimate of drug-likeness (QED) is 0.101. The molecule has 11 N–H and O–H groups in total. The monoisotopic (exact) mass is 580 g/mol. The Labute approximate surface area is 249 Å². The number of nitrogens with one attached hydrogen (secondary N) is 2. The maximum Gasteiger partial charge on any atom is 0.306 e. The highest BCUT2D eigenvalue weighted by Crippen LogP contribution is 2.40. The van der Waals surface area contributed by atoms with Crippen molar-refractivity contribution in [3.05, 3.63) is 97.1 Å². The van der Waals surface area contributed by atoms with Crippen LogP contribution in [-0.4, -0.2) is 29.3 Å². The Kier molecular flexibility index (Phi) is 9.41. The molecule has 5 aromatic carbocycles. The largest absolute Gasteiger partial charge is 0.481 e. The average molecular weight is 581 g/mol. The Morgan fingerprint density at radius 2 is 1.19 bits per heavy atom. The van der Waals surface area contributed by atoms with Gasteiger partial charge in [0.05, 0.1) is 12.8 Å². The summed E-state index contributed by atoms with van der Waals surface area (Å²) >= 11 is 0. The molecule has 0 spiro atoms. The molecule has 0 amide bonds.